The smallest absolute Gasteiger partial charge is 0.388 e. The lowest BCUT2D eigenvalue weighted by molar-refractivity contribution is -0.153. The molecule has 90 valence electrons. The lowest BCUT2D eigenvalue weighted by atomic mass is 10.0. The van der Waals surface area contributed by atoms with E-state index in [1.54, 1.807) is 12.1 Å². The molecule has 0 aromatic heterocycles. The predicted octanol–water partition coefficient (Wildman–Crippen LogP) is 2.65. The molecule has 0 saturated carbocycles. The van der Waals surface area contributed by atoms with Crippen molar-refractivity contribution in [2.45, 2.75) is 24.7 Å². The summed E-state index contributed by atoms with van der Waals surface area (Å²) < 4.78 is 36.4. The van der Waals surface area contributed by atoms with Crippen molar-refractivity contribution in [2.75, 3.05) is 0 Å². The molecule has 3 N–H and O–H groups in total. The zero-order valence-electron chi connectivity index (χ0n) is 8.21. The SMILES string of the molecule is NC(CC(O)c1cccc(Cl)c1)C(F)(F)F. The Morgan fingerprint density at radius 2 is 2.00 bits per heavy atom. The van der Waals surface area contributed by atoms with Crippen LogP contribution < -0.4 is 5.73 Å². The molecule has 0 bridgehead atoms. The molecule has 0 saturated heterocycles. The highest BCUT2D eigenvalue weighted by atomic mass is 35.5. The van der Waals surface area contributed by atoms with E-state index in [1.165, 1.54) is 12.1 Å². The number of aliphatic hydroxyl groups excluding tert-OH is 1. The molecule has 16 heavy (non-hydrogen) atoms. The van der Waals surface area contributed by atoms with Crippen LogP contribution in [0.3, 0.4) is 0 Å². The maximum absolute atomic E-state index is 12.1. The Labute approximate surface area is 95.8 Å². The second-order valence-corrected chi connectivity index (χ2v) is 3.89. The molecule has 2 unspecified atom stereocenters. The van der Waals surface area contributed by atoms with Crippen molar-refractivity contribution in [3.05, 3.63) is 34.9 Å². The van der Waals surface area contributed by atoms with Gasteiger partial charge in [0.1, 0.15) is 6.04 Å². The largest absolute Gasteiger partial charge is 0.403 e. The topological polar surface area (TPSA) is 46.2 Å². The van der Waals surface area contributed by atoms with Crippen molar-refractivity contribution in [3.63, 3.8) is 0 Å². The van der Waals surface area contributed by atoms with Gasteiger partial charge in [-0.1, -0.05) is 23.7 Å². The van der Waals surface area contributed by atoms with Crippen molar-refractivity contribution in [3.8, 4) is 0 Å². The van der Waals surface area contributed by atoms with Crippen molar-refractivity contribution < 1.29 is 18.3 Å². The second kappa shape index (κ2) is 5.03. The first-order valence-electron chi connectivity index (χ1n) is 4.56. The van der Waals surface area contributed by atoms with Gasteiger partial charge in [0.05, 0.1) is 6.10 Å². The fourth-order valence-corrected chi connectivity index (χ4v) is 1.42. The number of aliphatic hydroxyl groups is 1. The van der Waals surface area contributed by atoms with Crippen molar-refractivity contribution in [2.24, 2.45) is 5.73 Å². The molecular formula is C10H11ClF3NO. The number of hydrogen-bond acceptors (Lipinski definition) is 2. The molecule has 1 aromatic carbocycles. The summed E-state index contributed by atoms with van der Waals surface area (Å²) >= 11 is 5.65. The summed E-state index contributed by atoms with van der Waals surface area (Å²) in [7, 11) is 0. The number of benzene rings is 1. The van der Waals surface area contributed by atoms with Crippen LogP contribution in [0.2, 0.25) is 5.02 Å². The number of alkyl halides is 3. The van der Waals surface area contributed by atoms with Crippen LogP contribution in [0.4, 0.5) is 13.2 Å². The Kier molecular flexibility index (Phi) is 4.18. The third kappa shape index (κ3) is 3.66. The van der Waals surface area contributed by atoms with Crippen LogP contribution in [-0.2, 0) is 0 Å². The van der Waals surface area contributed by atoms with Gasteiger partial charge in [0.15, 0.2) is 0 Å². The van der Waals surface area contributed by atoms with Crippen molar-refractivity contribution in [1.29, 1.82) is 0 Å². The molecule has 2 nitrogen and oxygen atoms in total. The summed E-state index contributed by atoms with van der Waals surface area (Å²) in [4.78, 5) is 0. The Hall–Kier alpha value is -0.780. The fourth-order valence-electron chi connectivity index (χ4n) is 1.22. The van der Waals surface area contributed by atoms with Gasteiger partial charge in [0.2, 0.25) is 0 Å². The van der Waals surface area contributed by atoms with Crippen LogP contribution in [0.5, 0.6) is 0 Å². The van der Waals surface area contributed by atoms with E-state index in [9.17, 15) is 18.3 Å². The van der Waals surface area contributed by atoms with E-state index in [0.29, 0.717) is 10.6 Å². The minimum absolute atomic E-state index is 0.326. The van der Waals surface area contributed by atoms with Crippen LogP contribution in [0.1, 0.15) is 18.1 Å². The summed E-state index contributed by atoms with van der Waals surface area (Å²) in [5.41, 5.74) is 5.24. The molecule has 1 rings (SSSR count). The summed E-state index contributed by atoms with van der Waals surface area (Å²) in [6.45, 7) is 0. The van der Waals surface area contributed by atoms with Gasteiger partial charge in [0, 0.05) is 11.4 Å². The molecule has 0 aliphatic carbocycles. The summed E-state index contributed by atoms with van der Waals surface area (Å²) in [6.07, 6.45) is -6.35. The van der Waals surface area contributed by atoms with Crippen LogP contribution >= 0.6 is 11.6 Å². The fraction of sp³-hybridized carbons (Fsp3) is 0.400. The second-order valence-electron chi connectivity index (χ2n) is 3.45. The van der Waals surface area contributed by atoms with Gasteiger partial charge in [-0.2, -0.15) is 13.2 Å². The molecule has 1 aromatic rings. The van der Waals surface area contributed by atoms with Crippen LogP contribution in [0.15, 0.2) is 24.3 Å². The highest BCUT2D eigenvalue weighted by Gasteiger charge is 2.37. The van der Waals surface area contributed by atoms with E-state index < -0.39 is 24.7 Å². The molecule has 0 aliphatic rings. The van der Waals surface area contributed by atoms with Crippen LogP contribution in [0, 0.1) is 0 Å². The van der Waals surface area contributed by atoms with Crippen molar-refractivity contribution in [1.82, 2.24) is 0 Å². The maximum atomic E-state index is 12.1. The number of rotatable bonds is 3. The predicted molar refractivity (Wildman–Crippen MR) is 55.1 cm³/mol. The Balaban J connectivity index is 2.69. The van der Waals surface area contributed by atoms with Gasteiger partial charge in [-0.25, -0.2) is 0 Å². The maximum Gasteiger partial charge on any atom is 0.403 e. The van der Waals surface area contributed by atoms with E-state index in [4.69, 9.17) is 17.3 Å². The molecule has 0 aliphatic heterocycles. The summed E-state index contributed by atoms with van der Waals surface area (Å²) in [6, 6.07) is 4.00. The van der Waals surface area contributed by atoms with Crippen LogP contribution in [0.25, 0.3) is 0 Å². The Morgan fingerprint density at radius 3 is 2.50 bits per heavy atom. The molecule has 0 heterocycles. The van der Waals surface area contributed by atoms with Gasteiger partial charge in [-0.15, -0.1) is 0 Å². The first-order valence-corrected chi connectivity index (χ1v) is 4.94. The molecule has 0 radical (unpaired) electrons. The zero-order chi connectivity index (χ0) is 12.3. The molecule has 6 heteroatoms. The Morgan fingerprint density at radius 1 is 1.38 bits per heavy atom. The molecule has 0 fully saturated rings. The van der Waals surface area contributed by atoms with E-state index >= 15 is 0 Å². The number of nitrogens with two attached hydrogens (primary N) is 1. The number of halogens is 4. The zero-order valence-corrected chi connectivity index (χ0v) is 8.96. The highest BCUT2D eigenvalue weighted by molar-refractivity contribution is 6.30. The highest BCUT2D eigenvalue weighted by Crippen LogP contribution is 2.27. The summed E-state index contributed by atoms with van der Waals surface area (Å²) in [5, 5.41) is 9.90. The van der Waals surface area contributed by atoms with Gasteiger partial charge in [-0.05, 0) is 17.7 Å². The minimum Gasteiger partial charge on any atom is -0.388 e. The Bertz CT molecular complexity index is 356. The number of hydrogen-bond donors (Lipinski definition) is 2. The normalized spacial score (nSPS) is 15.9. The third-order valence-electron chi connectivity index (χ3n) is 2.13. The van der Waals surface area contributed by atoms with Gasteiger partial charge in [-0.3, -0.25) is 0 Å². The standard InChI is InChI=1S/C10H11ClF3NO/c11-7-3-1-2-6(4-7)8(16)5-9(15)10(12,13)14/h1-4,8-9,16H,5,15H2. The van der Waals surface area contributed by atoms with E-state index in [1.807, 2.05) is 0 Å². The van der Waals surface area contributed by atoms with E-state index in [0.717, 1.165) is 0 Å². The molecule has 0 spiro atoms. The molecule has 0 amide bonds. The van der Waals surface area contributed by atoms with Gasteiger partial charge >= 0.3 is 6.18 Å². The average molecular weight is 254 g/mol. The first kappa shape index (κ1) is 13.3. The lowest BCUT2D eigenvalue weighted by Crippen LogP contribution is -2.38. The minimum atomic E-state index is -4.50. The van der Waals surface area contributed by atoms with Crippen LogP contribution in [-0.4, -0.2) is 17.3 Å². The van der Waals surface area contributed by atoms with E-state index in [2.05, 4.69) is 0 Å². The quantitative estimate of drug-likeness (QED) is 0.870. The van der Waals surface area contributed by atoms with E-state index in [-0.39, 0.29) is 0 Å². The lowest BCUT2D eigenvalue weighted by Gasteiger charge is -2.19. The molecule has 2 atom stereocenters. The van der Waals surface area contributed by atoms with Gasteiger partial charge in [0.25, 0.3) is 0 Å². The molecular weight excluding hydrogens is 243 g/mol. The van der Waals surface area contributed by atoms with Gasteiger partial charge < -0.3 is 10.8 Å². The average Bonchev–Trinajstić information content (AvgIpc) is 2.16. The first-order chi connectivity index (χ1) is 7.30. The summed E-state index contributed by atoms with van der Waals surface area (Å²) in [5.74, 6) is 0. The third-order valence-corrected chi connectivity index (χ3v) is 2.37. The monoisotopic (exact) mass is 253 g/mol. The van der Waals surface area contributed by atoms with Crippen molar-refractivity contribution >= 4 is 11.6 Å².